The Morgan fingerprint density at radius 3 is 3.06 bits per heavy atom. The molecule has 0 saturated carbocycles. The van der Waals surface area contributed by atoms with E-state index in [2.05, 4.69) is 0 Å². The third-order valence-corrected chi connectivity index (χ3v) is 4.47. The van der Waals surface area contributed by atoms with Crippen molar-refractivity contribution in [1.29, 1.82) is 0 Å². The predicted octanol–water partition coefficient (Wildman–Crippen LogP) is 2.31. The molecule has 0 amide bonds. The fourth-order valence-electron chi connectivity index (χ4n) is 2.52. The molecule has 2 aliphatic rings. The van der Waals surface area contributed by atoms with Crippen molar-refractivity contribution >= 4 is 11.3 Å². The van der Waals surface area contributed by atoms with Gasteiger partial charge >= 0.3 is 0 Å². The minimum atomic E-state index is 0.299. The molecule has 0 aromatic carbocycles. The van der Waals surface area contributed by atoms with Crippen LogP contribution in [0.1, 0.15) is 36.6 Å². The van der Waals surface area contributed by atoms with Gasteiger partial charge in [0.1, 0.15) is 13.2 Å². The maximum absolute atomic E-state index is 6.15. The van der Waals surface area contributed by atoms with E-state index in [0.717, 1.165) is 24.5 Å². The number of hydrogen-bond acceptors (Lipinski definition) is 5. The molecule has 4 nitrogen and oxygen atoms in total. The van der Waals surface area contributed by atoms with E-state index in [1.807, 2.05) is 10.4 Å². The summed E-state index contributed by atoms with van der Waals surface area (Å²) in [7, 11) is 0. The summed E-state index contributed by atoms with van der Waals surface area (Å²) in [6.07, 6.45) is 4.83. The molecule has 2 aliphatic heterocycles. The minimum absolute atomic E-state index is 0.299. The molecule has 0 radical (unpaired) electrons. The Balaban J connectivity index is 1.89. The van der Waals surface area contributed by atoms with Crippen LogP contribution < -0.4 is 15.3 Å². The molecule has 0 spiro atoms. The molecule has 5 heteroatoms. The van der Waals surface area contributed by atoms with E-state index < -0.39 is 0 Å². The highest BCUT2D eigenvalue weighted by Crippen LogP contribution is 2.45. The molecule has 1 unspecified atom stereocenters. The molecule has 1 saturated heterocycles. The highest BCUT2D eigenvalue weighted by atomic mass is 32.1. The average molecular weight is 254 g/mol. The summed E-state index contributed by atoms with van der Waals surface area (Å²) in [6.45, 7) is 2.27. The Morgan fingerprint density at radius 2 is 2.12 bits per heavy atom. The van der Waals surface area contributed by atoms with Crippen molar-refractivity contribution in [3.05, 3.63) is 10.3 Å². The summed E-state index contributed by atoms with van der Waals surface area (Å²) >= 11 is 1.71. The lowest BCUT2D eigenvalue weighted by Crippen LogP contribution is -2.34. The van der Waals surface area contributed by atoms with Gasteiger partial charge in [-0.25, -0.2) is 5.01 Å². The zero-order valence-corrected chi connectivity index (χ0v) is 10.7. The number of nitrogens with two attached hydrogens (primary N) is 1. The van der Waals surface area contributed by atoms with Gasteiger partial charge in [-0.15, -0.1) is 11.3 Å². The van der Waals surface area contributed by atoms with Crippen molar-refractivity contribution in [2.24, 2.45) is 5.84 Å². The first kappa shape index (κ1) is 11.3. The van der Waals surface area contributed by atoms with Crippen LogP contribution in [0, 0.1) is 0 Å². The molecule has 0 bridgehead atoms. The SMILES string of the molecule is NN1CCCCCC1c1scc2c1OCCO2. The van der Waals surface area contributed by atoms with Gasteiger partial charge in [0, 0.05) is 11.9 Å². The van der Waals surface area contributed by atoms with Crippen LogP contribution in [0.15, 0.2) is 5.38 Å². The van der Waals surface area contributed by atoms with Gasteiger partial charge in [-0.1, -0.05) is 12.8 Å². The average Bonchev–Trinajstić information content (AvgIpc) is 2.66. The van der Waals surface area contributed by atoms with Crippen LogP contribution in [-0.4, -0.2) is 24.8 Å². The van der Waals surface area contributed by atoms with Gasteiger partial charge in [0.05, 0.1) is 10.9 Å². The zero-order chi connectivity index (χ0) is 11.7. The quantitative estimate of drug-likeness (QED) is 0.781. The molecule has 3 heterocycles. The Hall–Kier alpha value is -0.780. The summed E-state index contributed by atoms with van der Waals surface area (Å²) in [5.74, 6) is 7.98. The van der Waals surface area contributed by atoms with E-state index in [1.54, 1.807) is 11.3 Å². The van der Waals surface area contributed by atoms with Gasteiger partial charge in [0.2, 0.25) is 0 Å². The normalized spacial score (nSPS) is 25.6. The van der Waals surface area contributed by atoms with Crippen LogP contribution in [0.2, 0.25) is 0 Å². The molecule has 1 aromatic rings. The Labute approximate surface area is 105 Å². The van der Waals surface area contributed by atoms with E-state index >= 15 is 0 Å². The largest absolute Gasteiger partial charge is 0.485 e. The molecular weight excluding hydrogens is 236 g/mol. The number of hydrazine groups is 1. The van der Waals surface area contributed by atoms with Crippen molar-refractivity contribution in [3.63, 3.8) is 0 Å². The van der Waals surface area contributed by atoms with Gasteiger partial charge in [-0.2, -0.15) is 0 Å². The number of hydrogen-bond donors (Lipinski definition) is 1. The van der Waals surface area contributed by atoms with Crippen molar-refractivity contribution < 1.29 is 9.47 Å². The third-order valence-electron chi connectivity index (χ3n) is 3.42. The molecule has 0 aliphatic carbocycles. The summed E-state index contributed by atoms with van der Waals surface area (Å²) in [4.78, 5) is 1.24. The lowest BCUT2D eigenvalue weighted by atomic mass is 10.1. The first-order chi connectivity index (χ1) is 8.36. The first-order valence-electron chi connectivity index (χ1n) is 6.24. The highest BCUT2D eigenvalue weighted by molar-refractivity contribution is 7.10. The fraction of sp³-hybridized carbons (Fsp3) is 0.667. The fourth-order valence-corrected chi connectivity index (χ4v) is 3.61. The molecule has 94 valence electrons. The summed E-state index contributed by atoms with van der Waals surface area (Å²) < 4.78 is 11.3. The Kier molecular flexibility index (Phi) is 3.22. The number of thiophene rings is 1. The van der Waals surface area contributed by atoms with Crippen LogP contribution in [0.3, 0.4) is 0 Å². The van der Waals surface area contributed by atoms with E-state index in [9.17, 15) is 0 Å². The van der Waals surface area contributed by atoms with Crippen molar-refractivity contribution in [3.8, 4) is 11.5 Å². The number of rotatable bonds is 1. The molecule has 3 rings (SSSR count). The second kappa shape index (κ2) is 4.84. The molecule has 1 fully saturated rings. The van der Waals surface area contributed by atoms with Crippen molar-refractivity contribution in [2.45, 2.75) is 31.7 Å². The summed E-state index contributed by atoms with van der Waals surface area (Å²) in [5.41, 5.74) is 0. The number of fused-ring (bicyclic) bond motifs is 1. The monoisotopic (exact) mass is 254 g/mol. The van der Waals surface area contributed by atoms with Crippen LogP contribution >= 0.6 is 11.3 Å². The molecule has 1 atom stereocenters. The van der Waals surface area contributed by atoms with Crippen LogP contribution in [0.4, 0.5) is 0 Å². The maximum atomic E-state index is 6.15. The number of ether oxygens (including phenoxy) is 2. The van der Waals surface area contributed by atoms with Gasteiger partial charge < -0.3 is 9.47 Å². The lowest BCUT2D eigenvalue weighted by Gasteiger charge is -2.26. The standard InChI is InChI=1S/C12H18N2O2S/c13-14-5-3-1-2-4-9(14)12-11-10(8-17-12)15-6-7-16-11/h8-9H,1-7,13H2. The van der Waals surface area contributed by atoms with Crippen LogP contribution in [0.25, 0.3) is 0 Å². The number of nitrogens with zero attached hydrogens (tertiary/aromatic N) is 1. The van der Waals surface area contributed by atoms with Gasteiger partial charge in [-0.05, 0) is 12.8 Å². The lowest BCUT2D eigenvalue weighted by molar-refractivity contribution is 0.161. The molecular formula is C12H18N2O2S. The first-order valence-corrected chi connectivity index (χ1v) is 7.12. The Morgan fingerprint density at radius 1 is 1.24 bits per heavy atom. The van der Waals surface area contributed by atoms with Crippen LogP contribution in [0.5, 0.6) is 11.5 Å². The van der Waals surface area contributed by atoms with Crippen molar-refractivity contribution in [1.82, 2.24) is 5.01 Å². The topological polar surface area (TPSA) is 47.7 Å². The molecule has 1 aromatic heterocycles. The second-order valence-electron chi connectivity index (χ2n) is 4.59. The smallest absolute Gasteiger partial charge is 0.176 e. The van der Waals surface area contributed by atoms with Gasteiger partial charge in [0.15, 0.2) is 11.5 Å². The molecule has 2 N–H and O–H groups in total. The predicted molar refractivity (Wildman–Crippen MR) is 67.4 cm³/mol. The third kappa shape index (κ3) is 2.14. The zero-order valence-electron chi connectivity index (χ0n) is 9.85. The van der Waals surface area contributed by atoms with E-state index in [0.29, 0.717) is 19.3 Å². The van der Waals surface area contributed by atoms with Gasteiger partial charge in [0.25, 0.3) is 0 Å². The highest BCUT2D eigenvalue weighted by Gasteiger charge is 2.28. The second-order valence-corrected chi connectivity index (χ2v) is 5.50. The van der Waals surface area contributed by atoms with E-state index in [-0.39, 0.29) is 0 Å². The molecule has 17 heavy (non-hydrogen) atoms. The van der Waals surface area contributed by atoms with Crippen LogP contribution in [-0.2, 0) is 0 Å². The van der Waals surface area contributed by atoms with E-state index in [4.69, 9.17) is 15.3 Å². The minimum Gasteiger partial charge on any atom is -0.485 e. The van der Waals surface area contributed by atoms with E-state index in [1.165, 1.54) is 24.1 Å². The van der Waals surface area contributed by atoms with Crippen molar-refractivity contribution in [2.75, 3.05) is 19.8 Å². The summed E-state index contributed by atoms with van der Waals surface area (Å²) in [6, 6.07) is 0.299. The Bertz CT molecular complexity index is 394. The van der Waals surface area contributed by atoms with Gasteiger partial charge in [-0.3, -0.25) is 5.84 Å². The maximum Gasteiger partial charge on any atom is 0.176 e. The summed E-state index contributed by atoms with van der Waals surface area (Å²) in [5, 5.41) is 4.01.